The highest BCUT2D eigenvalue weighted by atomic mass is 32.1. The number of rotatable bonds is 8. The lowest BCUT2D eigenvalue weighted by Crippen LogP contribution is -2.29. The zero-order valence-electron chi connectivity index (χ0n) is 14.0. The maximum atomic E-state index is 9.45. The topological polar surface area (TPSA) is 49.5 Å². The van der Waals surface area contributed by atoms with Crippen LogP contribution in [-0.2, 0) is 19.8 Å². The molecule has 0 saturated carbocycles. The summed E-state index contributed by atoms with van der Waals surface area (Å²) in [7, 11) is 2.18. The SMILES string of the molecule is CCCn1c(CO)nn(CN2CCC(CN(C)CC)C2)c1=S. The molecule has 126 valence electrons. The lowest BCUT2D eigenvalue weighted by Gasteiger charge is -2.20. The summed E-state index contributed by atoms with van der Waals surface area (Å²) in [5.41, 5.74) is 0. The Labute approximate surface area is 138 Å². The van der Waals surface area contributed by atoms with Gasteiger partial charge in [-0.25, -0.2) is 4.68 Å². The lowest BCUT2D eigenvalue weighted by atomic mass is 10.1. The predicted molar refractivity (Wildman–Crippen MR) is 90.1 cm³/mol. The average molecular weight is 327 g/mol. The van der Waals surface area contributed by atoms with Crippen LogP contribution in [0.25, 0.3) is 0 Å². The van der Waals surface area contributed by atoms with Gasteiger partial charge < -0.3 is 14.6 Å². The van der Waals surface area contributed by atoms with E-state index < -0.39 is 0 Å². The van der Waals surface area contributed by atoms with Gasteiger partial charge in [-0.3, -0.25) is 4.90 Å². The number of aliphatic hydroxyl groups is 1. The molecule has 7 heteroatoms. The fourth-order valence-electron chi connectivity index (χ4n) is 3.09. The average Bonchev–Trinajstić information content (AvgIpc) is 3.06. The first-order chi connectivity index (χ1) is 10.6. The van der Waals surface area contributed by atoms with Gasteiger partial charge in [-0.15, -0.1) is 0 Å². The molecule has 0 amide bonds. The van der Waals surface area contributed by atoms with Crippen LogP contribution in [0, 0.1) is 10.7 Å². The van der Waals surface area contributed by atoms with E-state index in [-0.39, 0.29) is 6.61 Å². The second-order valence-electron chi connectivity index (χ2n) is 6.24. The van der Waals surface area contributed by atoms with Crippen LogP contribution < -0.4 is 0 Å². The molecule has 6 nitrogen and oxygen atoms in total. The van der Waals surface area contributed by atoms with Crippen LogP contribution in [0.5, 0.6) is 0 Å². The molecular formula is C15H29N5OS. The molecule has 1 unspecified atom stereocenters. The molecule has 1 saturated heterocycles. The highest BCUT2D eigenvalue weighted by Gasteiger charge is 2.24. The summed E-state index contributed by atoms with van der Waals surface area (Å²) < 4.78 is 4.54. The Morgan fingerprint density at radius 3 is 2.82 bits per heavy atom. The van der Waals surface area contributed by atoms with E-state index in [1.807, 2.05) is 9.25 Å². The van der Waals surface area contributed by atoms with Crippen molar-refractivity contribution in [3.05, 3.63) is 10.6 Å². The molecule has 1 atom stereocenters. The summed E-state index contributed by atoms with van der Waals surface area (Å²) in [6, 6.07) is 0. The van der Waals surface area contributed by atoms with E-state index in [1.54, 1.807) is 0 Å². The van der Waals surface area contributed by atoms with Gasteiger partial charge in [0.1, 0.15) is 6.61 Å². The van der Waals surface area contributed by atoms with Crippen LogP contribution in [0.1, 0.15) is 32.5 Å². The molecule has 2 rings (SSSR count). The molecule has 1 aliphatic rings. The summed E-state index contributed by atoms with van der Waals surface area (Å²) in [4.78, 5) is 4.79. The number of aliphatic hydroxyl groups excluding tert-OH is 1. The molecule has 22 heavy (non-hydrogen) atoms. The van der Waals surface area contributed by atoms with Crippen LogP contribution >= 0.6 is 12.2 Å². The van der Waals surface area contributed by atoms with Crippen LogP contribution in [0.15, 0.2) is 0 Å². The van der Waals surface area contributed by atoms with Crippen molar-refractivity contribution >= 4 is 12.2 Å². The maximum absolute atomic E-state index is 9.45. The van der Waals surface area contributed by atoms with Crippen LogP contribution in [0.3, 0.4) is 0 Å². The Morgan fingerprint density at radius 2 is 2.18 bits per heavy atom. The smallest absolute Gasteiger partial charge is 0.199 e. The van der Waals surface area contributed by atoms with E-state index in [4.69, 9.17) is 12.2 Å². The first kappa shape index (κ1) is 17.6. The minimum atomic E-state index is -0.0550. The molecule has 0 radical (unpaired) electrons. The molecule has 1 fully saturated rings. The minimum absolute atomic E-state index is 0.0550. The van der Waals surface area contributed by atoms with Gasteiger partial charge in [0.15, 0.2) is 10.6 Å². The third kappa shape index (κ3) is 4.16. The van der Waals surface area contributed by atoms with E-state index in [1.165, 1.54) is 6.42 Å². The largest absolute Gasteiger partial charge is 0.388 e. The normalized spacial score (nSPS) is 19.4. The van der Waals surface area contributed by atoms with Crippen LogP contribution in [-0.4, -0.2) is 62.5 Å². The van der Waals surface area contributed by atoms with Gasteiger partial charge in [0, 0.05) is 26.2 Å². The van der Waals surface area contributed by atoms with E-state index in [0.717, 1.165) is 56.5 Å². The van der Waals surface area contributed by atoms with Gasteiger partial charge >= 0.3 is 0 Å². The maximum Gasteiger partial charge on any atom is 0.199 e. The molecule has 2 heterocycles. The lowest BCUT2D eigenvalue weighted by molar-refractivity contribution is 0.225. The van der Waals surface area contributed by atoms with Crippen molar-refractivity contribution in [2.45, 2.75) is 46.5 Å². The molecule has 0 aliphatic carbocycles. The van der Waals surface area contributed by atoms with Gasteiger partial charge in [0.05, 0.1) is 6.67 Å². The first-order valence-corrected chi connectivity index (χ1v) is 8.68. The Hall–Kier alpha value is -0.760. The van der Waals surface area contributed by atoms with Gasteiger partial charge in [-0.1, -0.05) is 13.8 Å². The highest BCUT2D eigenvalue weighted by Crippen LogP contribution is 2.18. The zero-order chi connectivity index (χ0) is 16.1. The number of nitrogens with zero attached hydrogens (tertiary/aromatic N) is 5. The van der Waals surface area contributed by atoms with E-state index in [9.17, 15) is 5.11 Å². The minimum Gasteiger partial charge on any atom is -0.388 e. The summed E-state index contributed by atoms with van der Waals surface area (Å²) >= 11 is 5.51. The fourth-order valence-corrected chi connectivity index (χ4v) is 3.39. The Morgan fingerprint density at radius 1 is 1.41 bits per heavy atom. The second-order valence-corrected chi connectivity index (χ2v) is 6.60. The number of likely N-dealkylation sites (tertiary alicyclic amines) is 1. The third-order valence-corrected chi connectivity index (χ3v) is 4.83. The van der Waals surface area contributed by atoms with Crippen molar-refractivity contribution < 1.29 is 5.11 Å². The van der Waals surface area contributed by atoms with Crippen molar-refractivity contribution in [1.29, 1.82) is 0 Å². The molecule has 1 aromatic heterocycles. The highest BCUT2D eigenvalue weighted by molar-refractivity contribution is 7.71. The van der Waals surface area contributed by atoms with E-state index >= 15 is 0 Å². The molecule has 1 aromatic rings. The fraction of sp³-hybridized carbons (Fsp3) is 0.867. The van der Waals surface area contributed by atoms with Crippen LogP contribution in [0.2, 0.25) is 0 Å². The van der Waals surface area contributed by atoms with Gasteiger partial charge in [0.2, 0.25) is 0 Å². The Bertz CT molecular complexity index is 526. The predicted octanol–water partition coefficient (Wildman–Crippen LogP) is 1.55. The third-order valence-electron chi connectivity index (χ3n) is 4.40. The summed E-state index contributed by atoms with van der Waals surface area (Å²) in [6.07, 6.45) is 2.22. The molecule has 1 N–H and O–H groups in total. The van der Waals surface area contributed by atoms with Crippen molar-refractivity contribution in [3.8, 4) is 0 Å². The summed E-state index contributed by atoms with van der Waals surface area (Å²) in [5, 5.41) is 13.9. The number of hydrogen-bond acceptors (Lipinski definition) is 5. The number of aromatic nitrogens is 3. The quantitative estimate of drug-likeness (QED) is 0.734. The van der Waals surface area contributed by atoms with Gasteiger partial charge in [-0.2, -0.15) is 5.10 Å². The van der Waals surface area contributed by atoms with Gasteiger partial charge in [-0.05, 0) is 44.6 Å². The Balaban J connectivity index is 1.98. The van der Waals surface area contributed by atoms with Crippen molar-refractivity contribution in [2.24, 2.45) is 5.92 Å². The molecule has 0 spiro atoms. The van der Waals surface area contributed by atoms with E-state index in [0.29, 0.717) is 5.82 Å². The monoisotopic (exact) mass is 327 g/mol. The summed E-state index contributed by atoms with van der Waals surface area (Å²) in [5.74, 6) is 1.41. The van der Waals surface area contributed by atoms with Crippen molar-refractivity contribution in [2.75, 3.05) is 33.2 Å². The van der Waals surface area contributed by atoms with E-state index in [2.05, 4.69) is 35.8 Å². The molecule has 0 bridgehead atoms. The summed E-state index contributed by atoms with van der Waals surface area (Å²) in [6.45, 7) is 10.3. The second kappa shape index (κ2) is 8.19. The molecule has 1 aliphatic heterocycles. The van der Waals surface area contributed by atoms with Crippen LogP contribution in [0.4, 0.5) is 0 Å². The standard InChI is InChI=1S/C15H29N5OS/c1-4-7-19-14(11-21)16-20(15(19)22)12-18-8-6-13(10-18)9-17(3)5-2/h13,21H,4-12H2,1-3H3. The Kier molecular flexibility index (Phi) is 6.55. The van der Waals surface area contributed by atoms with Gasteiger partial charge in [0.25, 0.3) is 0 Å². The first-order valence-electron chi connectivity index (χ1n) is 8.27. The van der Waals surface area contributed by atoms with Crippen molar-refractivity contribution in [1.82, 2.24) is 24.1 Å². The molecular weight excluding hydrogens is 298 g/mol. The zero-order valence-corrected chi connectivity index (χ0v) is 14.8. The molecule has 0 aromatic carbocycles. The van der Waals surface area contributed by atoms with Crippen molar-refractivity contribution in [3.63, 3.8) is 0 Å². The number of hydrogen-bond donors (Lipinski definition) is 1.